The molecule has 3 rings (SSSR count). The number of hydrogen-bond donors (Lipinski definition) is 0. The van der Waals surface area contributed by atoms with Crippen LogP contribution in [-0.2, 0) is 4.74 Å². The Bertz CT molecular complexity index is 302. The van der Waals surface area contributed by atoms with Crippen molar-refractivity contribution in [1.82, 2.24) is 4.90 Å². The number of ether oxygens (including phenoxy) is 1. The molecule has 3 aliphatic rings. The Kier molecular flexibility index (Phi) is 3.68. The summed E-state index contributed by atoms with van der Waals surface area (Å²) < 4.78 is 5.32. The molecule has 0 aromatic rings. The molecule has 1 aliphatic heterocycles. The summed E-state index contributed by atoms with van der Waals surface area (Å²) in [5.41, 5.74) is 0.516. The van der Waals surface area contributed by atoms with Gasteiger partial charge in [-0.15, -0.1) is 0 Å². The molecule has 0 radical (unpaired) electrons. The van der Waals surface area contributed by atoms with Gasteiger partial charge in [0.2, 0.25) is 0 Å². The minimum Gasteiger partial charge on any atom is -0.384 e. The van der Waals surface area contributed by atoms with Gasteiger partial charge >= 0.3 is 0 Å². The van der Waals surface area contributed by atoms with Crippen LogP contribution in [-0.4, -0.2) is 37.7 Å². The minimum atomic E-state index is 0.516. The Morgan fingerprint density at radius 1 is 1.00 bits per heavy atom. The number of nitrogens with zero attached hydrogens (tertiary/aromatic N) is 1. The monoisotopic (exact) mass is 265 g/mol. The molecular weight excluding hydrogens is 234 g/mol. The molecule has 1 heterocycles. The Morgan fingerprint density at radius 3 is 2.05 bits per heavy atom. The summed E-state index contributed by atoms with van der Waals surface area (Å²) in [6.45, 7) is 11.0. The van der Waals surface area contributed by atoms with Crippen molar-refractivity contribution >= 4 is 0 Å². The van der Waals surface area contributed by atoms with Crippen molar-refractivity contribution in [3.05, 3.63) is 0 Å². The Balaban J connectivity index is 1.45. The van der Waals surface area contributed by atoms with Gasteiger partial charge in [0.25, 0.3) is 0 Å². The number of fused-ring (bicyclic) bond motifs is 1. The SMILES string of the molecule is COC[C@@H]1[C@H]2CN(C3CCC(C(C)(C)C)CC3)C[C@@H]12. The van der Waals surface area contributed by atoms with Gasteiger partial charge in [-0.05, 0) is 54.8 Å². The van der Waals surface area contributed by atoms with Crippen LogP contribution in [0.4, 0.5) is 0 Å². The third kappa shape index (κ3) is 2.71. The summed E-state index contributed by atoms with van der Waals surface area (Å²) in [5, 5.41) is 0. The van der Waals surface area contributed by atoms with Gasteiger partial charge in [0.15, 0.2) is 0 Å². The highest BCUT2D eigenvalue weighted by molar-refractivity contribution is 5.06. The van der Waals surface area contributed by atoms with Crippen molar-refractivity contribution in [3.8, 4) is 0 Å². The van der Waals surface area contributed by atoms with E-state index < -0.39 is 0 Å². The third-order valence-electron chi connectivity index (χ3n) is 6.20. The molecule has 3 fully saturated rings. The summed E-state index contributed by atoms with van der Waals surface area (Å²) in [5.74, 6) is 3.79. The number of piperidine rings is 1. The van der Waals surface area contributed by atoms with Gasteiger partial charge in [0.05, 0.1) is 0 Å². The number of hydrogen-bond acceptors (Lipinski definition) is 2. The molecule has 0 N–H and O–H groups in total. The molecule has 110 valence electrons. The van der Waals surface area contributed by atoms with Crippen LogP contribution in [0.1, 0.15) is 46.5 Å². The number of rotatable bonds is 3. The largest absolute Gasteiger partial charge is 0.384 e. The van der Waals surface area contributed by atoms with Crippen LogP contribution in [0.15, 0.2) is 0 Å². The zero-order valence-corrected chi connectivity index (χ0v) is 13.2. The molecule has 2 aliphatic carbocycles. The fourth-order valence-electron chi connectivity index (χ4n) is 4.73. The van der Waals surface area contributed by atoms with Crippen molar-refractivity contribution in [3.63, 3.8) is 0 Å². The highest BCUT2D eigenvalue weighted by atomic mass is 16.5. The van der Waals surface area contributed by atoms with Gasteiger partial charge in [-0.1, -0.05) is 20.8 Å². The van der Waals surface area contributed by atoms with Crippen LogP contribution >= 0.6 is 0 Å². The van der Waals surface area contributed by atoms with Crippen LogP contribution in [0.2, 0.25) is 0 Å². The van der Waals surface area contributed by atoms with E-state index in [9.17, 15) is 0 Å². The quantitative estimate of drug-likeness (QED) is 0.775. The van der Waals surface area contributed by atoms with Gasteiger partial charge in [0.1, 0.15) is 0 Å². The first-order valence-electron chi connectivity index (χ1n) is 8.23. The molecule has 19 heavy (non-hydrogen) atoms. The maximum absolute atomic E-state index is 5.32. The first-order valence-corrected chi connectivity index (χ1v) is 8.23. The summed E-state index contributed by atoms with van der Waals surface area (Å²) in [6.07, 6.45) is 5.77. The van der Waals surface area contributed by atoms with Crippen molar-refractivity contribution in [2.45, 2.75) is 52.5 Å². The third-order valence-corrected chi connectivity index (χ3v) is 6.20. The van der Waals surface area contributed by atoms with Gasteiger partial charge in [-0.2, -0.15) is 0 Å². The second-order valence-electron chi connectivity index (χ2n) is 8.27. The number of likely N-dealkylation sites (tertiary alicyclic amines) is 1. The topological polar surface area (TPSA) is 12.5 Å². The highest BCUT2D eigenvalue weighted by Gasteiger charge is 2.56. The predicted octanol–water partition coefficient (Wildman–Crippen LogP) is 3.42. The van der Waals surface area contributed by atoms with Gasteiger partial charge in [-0.25, -0.2) is 0 Å². The van der Waals surface area contributed by atoms with Crippen LogP contribution < -0.4 is 0 Å². The molecule has 2 saturated carbocycles. The maximum Gasteiger partial charge on any atom is 0.0496 e. The van der Waals surface area contributed by atoms with E-state index in [2.05, 4.69) is 25.7 Å². The second kappa shape index (κ2) is 5.04. The molecule has 3 atom stereocenters. The van der Waals surface area contributed by atoms with E-state index in [1.54, 1.807) is 0 Å². The van der Waals surface area contributed by atoms with Crippen molar-refractivity contribution in [1.29, 1.82) is 0 Å². The van der Waals surface area contributed by atoms with Gasteiger partial charge in [-0.3, -0.25) is 4.90 Å². The average Bonchev–Trinajstić information content (AvgIpc) is 2.84. The fourth-order valence-corrected chi connectivity index (χ4v) is 4.73. The van der Waals surface area contributed by atoms with Gasteiger partial charge < -0.3 is 4.74 Å². The average molecular weight is 265 g/mol. The first kappa shape index (κ1) is 13.9. The van der Waals surface area contributed by atoms with Crippen LogP contribution in [0, 0.1) is 29.1 Å². The molecule has 2 heteroatoms. The number of methoxy groups -OCH3 is 1. The Morgan fingerprint density at radius 2 is 1.58 bits per heavy atom. The molecule has 0 aromatic carbocycles. The van der Waals surface area contributed by atoms with Crippen molar-refractivity contribution in [2.24, 2.45) is 29.1 Å². The van der Waals surface area contributed by atoms with E-state index in [1.165, 1.54) is 38.8 Å². The normalized spacial score (nSPS) is 43.3. The van der Waals surface area contributed by atoms with Crippen LogP contribution in [0.3, 0.4) is 0 Å². The van der Waals surface area contributed by atoms with E-state index in [4.69, 9.17) is 4.74 Å². The maximum atomic E-state index is 5.32. The van der Waals surface area contributed by atoms with Crippen molar-refractivity contribution < 1.29 is 4.74 Å². The van der Waals surface area contributed by atoms with Crippen LogP contribution in [0.5, 0.6) is 0 Å². The fraction of sp³-hybridized carbons (Fsp3) is 1.00. The zero-order valence-electron chi connectivity index (χ0n) is 13.2. The van der Waals surface area contributed by atoms with Gasteiger partial charge in [0, 0.05) is 32.8 Å². The summed E-state index contributed by atoms with van der Waals surface area (Å²) in [4.78, 5) is 2.81. The lowest BCUT2D eigenvalue weighted by molar-refractivity contribution is 0.0929. The van der Waals surface area contributed by atoms with E-state index in [0.29, 0.717) is 5.41 Å². The van der Waals surface area contributed by atoms with Crippen LogP contribution in [0.25, 0.3) is 0 Å². The van der Waals surface area contributed by atoms with E-state index >= 15 is 0 Å². The smallest absolute Gasteiger partial charge is 0.0496 e. The molecule has 0 spiro atoms. The Hall–Kier alpha value is -0.0800. The lowest BCUT2D eigenvalue weighted by atomic mass is 9.71. The molecule has 1 saturated heterocycles. The molecule has 0 aromatic heterocycles. The molecule has 2 nitrogen and oxygen atoms in total. The van der Waals surface area contributed by atoms with E-state index in [1.807, 2.05) is 7.11 Å². The summed E-state index contributed by atoms with van der Waals surface area (Å²) in [7, 11) is 1.85. The second-order valence-corrected chi connectivity index (χ2v) is 8.27. The molecule has 0 amide bonds. The minimum absolute atomic E-state index is 0.516. The molecular formula is C17H31NO. The predicted molar refractivity (Wildman–Crippen MR) is 79.1 cm³/mol. The van der Waals surface area contributed by atoms with E-state index in [0.717, 1.165) is 36.3 Å². The molecule has 0 unspecified atom stereocenters. The summed E-state index contributed by atoms with van der Waals surface area (Å²) >= 11 is 0. The first-order chi connectivity index (χ1) is 9.00. The zero-order chi connectivity index (χ0) is 13.6. The van der Waals surface area contributed by atoms with Crippen molar-refractivity contribution in [2.75, 3.05) is 26.8 Å². The lowest BCUT2D eigenvalue weighted by Gasteiger charge is -2.40. The highest BCUT2D eigenvalue weighted by Crippen LogP contribution is 2.53. The standard InChI is InChI=1S/C17H31NO/c1-17(2,3)12-5-7-13(8-6-12)18-9-14-15(10-18)16(14)11-19-4/h12-16H,5-11H2,1-4H3/t12?,13?,14-,15+,16+. The van der Waals surface area contributed by atoms with E-state index in [-0.39, 0.29) is 0 Å². The molecule has 0 bridgehead atoms. The lowest BCUT2D eigenvalue weighted by Crippen LogP contribution is -2.40. The Labute approximate surface area is 118 Å². The summed E-state index contributed by atoms with van der Waals surface area (Å²) in [6, 6.07) is 0.898.